The van der Waals surface area contributed by atoms with E-state index in [2.05, 4.69) is 23.3 Å². The average molecular weight is 466 g/mol. The molecule has 0 saturated carbocycles. The van der Waals surface area contributed by atoms with Crippen molar-refractivity contribution in [3.63, 3.8) is 0 Å². The lowest BCUT2D eigenvalue weighted by Gasteiger charge is -2.26. The molecule has 0 rings (SSSR count). The largest absolute Gasteiger partial charge is 0.481 e. The fourth-order valence-corrected chi connectivity index (χ4v) is 2.36. The third kappa shape index (κ3) is 10.6. The van der Waals surface area contributed by atoms with E-state index < -0.39 is 85.2 Å². The molecular formula is C16H26N4O10S. The van der Waals surface area contributed by atoms with E-state index in [1.54, 1.807) is 0 Å². The minimum atomic E-state index is -1.84. The van der Waals surface area contributed by atoms with Gasteiger partial charge in [-0.1, -0.05) is 0 Å². The molecule has 0 aromatic carbocycles. The maximum Gasteiger partial charge on any atom is 0.326 e. The molecule has 0 aliphatic heterocycles. The monoisotopic (exact) mass is 466 g/mol. The highest BCUT2D eigenvalue weighted by atomic mass is 32.1. The Balaban J connectivity index is 5.50. The summed E-state index contributed by atoms with van der Waals surface area (Å²) >= 11 is 3.83. The minimum Gasteiger partial charge on any atom is -0.481 e. The standard InChI is InChI=1S/C16H26N4O10S/c1-6(21)12(20-13(26)7(17)5-31)15(28)18-8(2-3-10(22)23)14(27)19-9(16(29)30)4-11(24)25/h6-9,12,21,31H,2-5,17H2,1H3,(H,18,28)(H,19,27)(H,20,26)(H,22,23)(H,24,25)(H,29,30). The quantitative estimate of drug-likeness (QED) is 0.114. The summed E-state index contributed by atoms with van der Waals surface area (Å²) in [6, 6.07) is -6.12. The number of rotatable bonds is 14. The number of carboxylic acid groups (broad SMARTS) is 3. The maximum absolute atomic E-state index is 12.5. The number of carboxylic acids is 3. The number of aliphatic hydroxyl groups excluding tert-OH is 1. The van der Waals surface area contributed by atoms with Gasteiger partial charge in [-0.15, -0.1) is 0 Å². The van der Waals surface area contributed by atoms with Gasteiger partial charge in [0.1, 0.15) is 18.1 Å². The van der Waals surface area contributed by atoms with Crippen LogP contribution in [-0.4, -0.2) is 92.1 Å². The molecule has 0 aromatic rings. The molecule has 0 aliphatic rings. The summed E-state index contributed by atoms with van der Waals surface area (Å²) in [5.74, 6) is -7.63. The van der Waals surface area contributed by atoms with Crippen molar-refractivity contribution >= 4 is 48.3 Å². The summed E-state index contributed by atoms with van der Waals surface area (Å²) < 4.78 is 0. The predicted molar refractivity (Wildman–Crippen MR) is 106 cm³/mol. The molecule has 0 bridgehead atoms. The number of hydrogen-bond acceptors (Lipinski definition) is 9. The number of carbonyl (C=O) groups is 6. The molecule has 0 heterocycles. The zero-order chi connectivity index (χ0) is 24.3. The van der Waals surface area contributed by atoms with Crippen LogP contribution >= 0.6 is 12.6 Å². The van der Waals surface area contributed by atoms with E-state index in [9.17, 15) is 33.9 Å². The highest BCUT2D eigenvalue weighted by Crippen LogP contribution is 2.04. The van der Waals surface area contributed by atoms with Crippen LogP contribution in [0.5, 0.6) is 0 Å². The van der Waals surface area contributed by atoms with Crippen LogP contribution in [0.1, 0.15) is 26.2 Å². The molecule has 9 N–H and O–H groups in total. The van der Waals surface area contributed by atoms with E-state index >= 15 is 0 Å². The van der Waals surface area contributed by atoms with Crippen LogP contribution in [-0.2, 0) is 28.8 Å². The third-order valence-corrected chi connectivity index (χ3v) is 4.26. The van der Waals surface area contributed by atoms with Gasteiger partial charge in [0.25, 0.3) is 0 Å². The van der Waals surface area contributed by atoms with Crippen molar-refractivity contribution in [3.05, 3.63) is 0 Å². The molecule has 176 valence electrons. The zero-order valence-electron chi connectivity index (χ0n) is 16.5. The molecule has 5 unspecified atom stereocenters. The molecular weight excluding hydrogens is 440 g/mol. The summed E-state index contributed by atoms with van der Waals surface area (Å²) in [5, 5.41) is 42.6. The number of aliphatic hydroxyl groups is 1. The molecule has 0 spiro atoms. The van der Waals surface area contributed by atoms with Gasteiger partial charge in [-0.05, 0) is 13.3 Å². The van der Waals surface area contributed by atoms with Crippen LogP contribution in [0.4, 0.5) is 0 Å². The summed E-state index contributed by atoms with van der Waals surface area (Å²) in [6.45, 7) is 1.16. The SMILES string of the molecule is CC(O)C(NC(=O)C(N)CS)C(=O)NC(CCC(=O)O)C(=O)NC(CC(=O)O)C(=O)O. The molecule has 14 nitrogen and oxygen atoms in total. The van der Waals surface area contributed by atoms with Crippen molar-refractivity contribution in [2.75, 3.05) is 5.75 Å². The van der Waals surface area contributed by atoms with Crippen LogP contribution in [0.15, 0.2) is 0 Å². The summed E-state index contributed by atoms with van der Waals surface area (Å²) in [5.41, 5.74) is 5.48. The first-order valence-electron chi connectivity index (χ1n) is 8.92. The van der Waals surface area contributed by atoms with Gasteiger partial charge < -0.3 is 42.1 Å². The van der Waals surface area contributed by atoms with E-state index in [1.165, 1.54) is 0 Å². The third-order valence-electron chi connectivity index (χ3n) is 3.87. The fraction of sp³-hybridized carbons (Fsp3) is 0.625. The smallest absolute Gasteiger partial charge is 0.326 e. The van der Waals surface area contributed by atoms with Crippen molar-refractivity contribution in [2.24, 2.45) is 5.73 Å². The number of hydrogen-bond donors (Lipinski definition) is 9. The van der Waals surface area contributed by atoms with Crippen LogP contribution in [0.3, 0.4) is 0 Å². The Morgan fingerprint density at radius 3 is 1.84 bits per heavy atom. The van der Waals surface area contributed by atoms with Crippen molar-refractivity contribution in [2.45, 2.75) is 56.5 Å². The highest BCUT2D eigenvalue weighted by Gasteiger charge is 2.33. The summed E-state index contributed by atoms with van der Waals surface area (Å²) in [4.78, 5) is 69.5. The Morgan fingerprint density at radius 2 is 1.42 bits per heavy atom. The van der Waals surface area contributed by atoms with Crippen LogP contribution < -0.4 is 21.7 Å². The van der Waals surface area contributed by atoms with E-state index in [4.69, 9.17) is 21.1 Å². The van der Waals surface area contributed by atoms with Gasteiger partial charge in [-0.2, -0.15) is 12.6 Å². The van der Waals surface area contributed by atoms with Gasteiger partial charge in [0.2, 0.25) is 17.7 Å². The zero-order valence-corrected chi connectivity index (χ0v) is 17.4. The molecule has 0 saturated heterocycles. The Kier molecular flexibility index (Phi) is 12.1. The minimum absolute atomic E-state index is 0.0657. The Hall–Kier alpha value is -2.91. The number of nitrogens with one attached hydrogen (secondary N) is 3. The van der Waals surface area contributed by atoms with Gasteiger partial charge in [0.05, 0.1) is 18.6 Å². The van der Waals surface area contributed by atoms with Crippen molar-refractivity contribution in [1.82, 2.24) is 16.0 Å². The summed E-state index contributed by atoms with van der Waals surface area (Å²) in [7, 11) is 0. The average Bonchev–Trinajstić information content (AvgIpc) is 2.66. The lowest BCUT2D eigenvalue weighted by atomic mass is 10.1. The fourth-order valence-electron chi connectivity index (χ4n) is 2.19. The van der Waals surface area contributed by atoms with Crippen molar-refractivity contribution in [1.29, 1.82) is 0 Å². The molecule has 0 fully saturated rings. The number of thiol groups is 1. The van der Waals surface area contributed by atoms with Crippen LogP contribution in [0.2, 0.25) is 0 Å². The first-order valence-corrected chi connectivity index (χ1v) is 9.55. The van der Waals surface area contributed by atoms with Gasteiger partial charge in [-0.25, -0.2) is 4.79 Å². The molecule has 0 aliphatic carbocycles. The first-order chi connectivity index (χ1) is 14.3. The van der Waals surface area contributed by atoms with Gasteiger partial charge in [0, 0.05) is 12.2 Å². The molecule has 0 radical (unpaired) electrons. The molecule has 31 heavy (non-hydrogen) atoms. The molecule has 15 heteroatoms. The number of nitrogens with two attached hydrogens (primary N) is 1. The lowest BCUT2D eigenvalue weighted by Crippen LogP contribution is -2.60. The molecule has 0 aromatic heterocycles. The first kappa shape index (κ1) is 28.1. The Morgan fingerprint density at radius 1 is 0.871 bits per heavy atom. The van der Waals surface area contributed by atoms with Crippen molar-refractivity contribution in [3.8, 4) is 0 Å². The van der Waals surface area contributed by atoms with Crippen LogP contribution in [0.25, 0.3) is 0 Å². The van der Waals surface area contributed by atoms with Crippen molar-refractivity contribution < 1.29 is 49.2 Å². The number of amides is 3. The molecule has 5 atom stereocenters. The highest BCUT2D eigenvalue weighted by molar-refractivity contribution is 7.80. The van der Waals surface area contributed by atoms with Gasteiger partial charge in [0.15, 0.2) is 0 Å². The topological polar surface area (TPSA) is 245 Å². The van der Waals surface area contributed by atoms with E-state index in [0.717, 1.165) is 6.92 Å². The second-order valence-corrected chi connectivity index (χ2v) is 6.87. The van der Waals surface area contributed by atoms with Gasteiger partial charge in [-0.3, -0.25) is 24.0 Å². The second-order valence-electron chi connectivity index (χ2n) is 6.51. The number of aliphatic carboxylic acids is 3. The number of carbonyl (C=O) groups excluding carboxylic acids is 3. The van der Waals surface area contributed by atoms with Crippen LogP contribution in [0, 0.1) is 0 Å². The van der Waals surface area contributed by atoms with E-state index in [-0.39, 0.29) is 5.75 Å². The normalized spacial score (nSPS) is 15.5. The lowest BCUT2D eigenvalue weighted by molar-refractivity contribution is -0.147. The summed E-state index contributed by atoms with van der Waals surface area (Å²) in [6.07, 6.45) is -3.50. The van der Waals surface area contributed by atoms with E-state index in [1.807, 2.05) is 5.32 Å². The Bertz CT molecular complexity index is 702. The van der Waals surface area contributed by atoms with E-state index in [0.29, 0.717) is 0 Å². The predicted octanol–water partition coefficient (Wildman–Crippen LogP) is -3.50. The second kappa shape index (κ2) is 13.4. The molecule has 3 amide bonds. The maximum atomic E-state index is 12.5. The Labute approximate surface area is 182 Å². The van der Waals surface area contributed by atoms with Gasteiger partial charge >= 0.3 is 17.9 Å².